The molecule has 0 aliphatic heterocycles. The number of nitrogens with one attached hydrogen (secondary N) is 1. The predicted octanol–water partition coefficient (Wildman–Crippen LogP) is 3.39. The summed E-state index contributed by atoms with van der Waals surface area (Å²) < 4.78 is 0. The number of aliphatic carboxylic acids is 1. The molecular formula is C15H19NO2. The van der Waals surface area contributed by atoms with Gasteiger partial charge in [-0.2, -0.15) is 0 Å². The van der Waals surface area contributed by atoms with E-state index >= 15 is 0 Å². The van der Waals surface area contributed by atoms with Gasteiger partial charge < -0.3 is 10.4 Å². The van der Waals surface area contributed by atoms with E-state index in [1.54, 1.807) is 6.08 Å². The van der Waals surface area contributed by atoms with Crippen LogP contribution >= 0.6 is 0 Å². The maximum absolute atomic E-state index is 10.4. The first-order valence-corrected chi connectivity index (χ1v) is 6.49. The monoisotopic (exact) mass is 245 g/mol. The number of anilines is 1. The van der Waals surface area contributed by atoms with Crippen LogP contribution in [0.15, 0.2) is 30.3 Å². The molecule has 1 fully saturated rings. The number of hydrogen-bond acceptors (Lipinski definition) is 2. The Morgan fingerprint density at radius 3 is 2.56 bits per heavy atom. The summed E-state index contributed by atoms with van der Waals surface area (Å²) in [6.45, 7) is 1.05. The second-order valence-corrected chi connectivity index (χ2v) is 4.82. The lowest BCUT2D eigenvalue weighted by Gasteiger charge is -2.11. The van der Waals surface area contributed by atoms with Crippen LogP contribution in [-0.2, 0) is 4.79 Å². The van der Waals surface area contributed by atoms with Crippen molar-refractivity contribution in [2.45, 2.75) is 25.7 Å². The van der Waals surface area contributed by atoms with E-state index in [1.165, 1.54) is 25.7 Å². The molecule has 2 rings (SSSR count). The van der Waals surface area contributed by atoms with Crippen molar-refractivity contribution in [3.63, 3.8) is 0 Å². The second-order valence-electron chi connectivity index (χ2n) is 4.82. The highest BCUT2D eigenvalue weighted by Crippen LogP contribution is 2.25. The van der Waals surface area contributed by atoms with E-state index in [0.29, 0.717) is 0 Å². The van der Waals surface area contributed by atoms with Gasteiger partial charge in [0.15, 0.2) is 0 Å². The number of carbonyl (C=O) groups is 1. The Bertz CT molecular complexity index is 417. The normalized spacial score (nSPS) is 16.2. The third kappa shape index (κ3) is 3.91. The van der Waals surface area contributed by atoms with E-state index in [1.807, 2.05) is 24.3 Å². The van der Waals surface area contributed by atoms with E-state index < -0.39 is 5.97 Å². The fourth-order valence-corrected chi connectivity index (χ4v) is 2.36. The van der Waals surface area contributed by atoms with Crippen LogP contribution in [0.3, 0.4) is 0 Å². The zero-order chi connectivity index (χ0) is 12.8. The van der Waals surface area contributed by atoms with Crippen LogP contribution in [0.1, 0.15) is 31.2 Å². The minimum Gasteiger partial charge on any atom is -0.478 e. The Kier molecular flexibility index (Phi) is 4.40. The van der Waals surface area contributed by atoms with Gasteiger partial charge in [-0.1, -0.05) is 25.0 Å². The first kappa shape index (κ1) is 12.7. The molecule has 0 unspecified atom stereocenters. The molecule has 0 amide bonds. The zero-order valence-corrected chi connectivity index (χ0v) is 10.4. The van der Waals surface area contributed by atoms with Crippen molar-refractivity contribution >= 4 is 17.7 Å². The van der Waals surface area contributed by atoms with E-state index in [0.717, 1.165) is 29.8 Å². The molecule has 18 heavy (non-hydrogen) atoms. The van der Waals surface area contributed by atoms with Gasteiger partial charge in [0.25, 0.3) is 0 Å². The number of rotatable bonds is 5. The fraction of sp³-hybridized carbons (Fsp3) is 0.400. The smallest absolute Gasteiger partial charge is 0.328 e. The van der Waals surface area contributed by atoms with Crippen molar-refractivity contribution < 1.29 is 9.90 Å². The van der Waals surface area contributed by atoms with Gasteiger partial charge >= 0.3 is 5.97 Å². The highest BCUT2D eigenvalue weighted by molar-refractivity contribution is 5.85. The molecule has 1 aliphatic rings. The lowest BCUT2D eigenvalue weighted by Crippen LogP contribution is -2.10. The van der Waals surface area contributed by atoms with E-state index in [4.69, 9.17) is 5.11 Å². The minimum atomic E-state index is -0.918. The lowest BCUT2D eigenvalue weighted by molar-refractivity contribution is -0.131. The summed E-state index contributed by atoms with van der Waals surface area (Å²) in [7, 11) is 0. The maximum Gasteiger partial charge on any atom is 0.328 e. The summed E-state index contributed by atoms with van der Waals surface area (Å²) >= 11 is 0. The molecule has 0 saturated heterocycles. The van der Waals surface area contributed by atoms with Crippen molar-refractivity contribution in [2.75, 3.05) is 11.9 Å². The van der Waals surface area contributed by atoms with Crippen molar-refractivity contribution in [1.29, 1.82) is 0 Å². The summed E-state index contributed by atoms with van der Waals surface area (Å²) in [5, 5.41) is 12.0. The Balaban J connectivity index is 1.85. The van der Waals surface area contributed by atoms with Crippen molar-refractivity contribution in [1.82, 2.24) is 0 Å². The molecule has 0 heterocycles. The van der Waals surface area contributed by atoms with E-state index in [2.05, 4.69) is 5.32 Å². The minimum absolute atomic E-state index is 0.816. The van der Waals surface area contributed by atoms with Gasteiger partial charge in [0.1, 0.15) is 0 Å². The summed E-state index contributed by atoms with van der Waals surface area (Å²) in [6, 6.07) is 7.85. The van der Waals surface area contributed by atoms with Gasteiger partial charge in [-0.25, -0.2) is 4.79 Å². The average Bonchev–Trinajstić information content (AvgIpc) is 2.88. The maximum atomic E-state index is 10.4. The highest BCUT2D eigenvalue weighted by Gasteiger charge is 2.13. The Labute approximate surface area is 108 Å². The third-order valence-corrected chi connectivity index (χ3v) is 3.40. The SMILES string of the molecule is O=C(O)C=Cc1ccc(NCC2CCCC2)cc1. The zero-order valence-electron chi connectivity index (χ0n) is 10.4. The molecule has 1 aromatic carbocycles. The summed E-state index contributed by atoms with van der Waals surface area (Å²) in [5.74, 6) is -0.102. The van der Waals surface area contributed by atoms with Crippen molar-refractivity contribution in [3.8, 4) is 0 Å². The van der Waals surface area contributed by atoms with Gasteiger partial charge in [0.2, 0.25) is 0 Å². The lowest BCUT2D eigenvalue weighted by atomic mass is 10.1. The fourth-order valence-electron chi connectivity index (χ4n) is 2.36. The Morgan fingerprint density at radius 1 is 1.28 bits per heavy atom. The molecule has 0 atom stereocenters. The largest absolute Gasteiger partial charge is 0.478 e. The first-order valence-electron chi connectivity index (χ1n) is 6.49. The van der Waals surface area contributed by atoms with Crippen molar-refractivity contribution in [2.24, 2.45) is 5.92 Å². The van der Waals surface area contributed by atoms with Crippen LogP contribution in [0.2, 0.25) is 0 Å². The van der Waals surface area contributed by atoms with Crippen LogP contribution in [0, 0.1) is 5.92 Å². The molecule has 0 spiro atoms. The molecule has 1 aliphatic carbocycles. The second kappa shape index (κ2) is 6.24. The average molecular weight is 245 g/mol. The summed E-state index contributed by atoms with van der Waals surface area (Å²) in [5.41, 5.74) is 2.01. The molecule has 1 saturated carbocycles. The van der Waals surface area contributed by atoms with E-state index in [9.17, 15) is 4.79 Å². The molecule has 0 bridgehead atoms. The molecule has 2 N–H and O–H groups in total. The predicted molar refractivity (Wildman–Crippen MR) is 73.6 cm³/mol. The van der Waals surface area contributed by atoms with Gasteiger partial charge in [0.05, 0.1) is 0 Å². The molecule has 0 radical (unpaired) electrons. The summed E-state index contributed by atoms with van der Waals surface area (Å²) in [4.78, 5) is 10.4. The van der Waals surface area contributed by atoms with E-state index in [-0.39, 0.29) is 0 Å². The van der Waals surface area contributed by atoms with Crippen LogP contribution in [0.4, 0.5) is 5.69 Å². The van der Waals surface area contributed by atoms with Crippen LogP contribution in [0.5, 0.6) is 0 Å². The topological polar surface area (TPSA) is 49.3 Å². The van der Waals surface area contributed by atoms with Crippen LogP contribution in [0.25, 0.3) is 6.08 Å². The van der Waals surface area contributed by atoms with Gasteiger partial charge in [-0.05, 0) is 42.5 Å². The number of carboxylic acid groups (broad SMARTS) is 1. The van der Waals surface area contributed by atoms with Gasteiger partial charge in [-0.3, -0.25) is 0 Å². The third-order valence-electron chi connectivity index (χ3n) is 3.40. The standard InChI is InChI=1S/C15H19NO2/c17-15(18)10-7-12-5-8-14(9-6-12)16-11-13-3-1-2-4-13/h5-10,13,16H,1-4,11H2,(H,17,18). The molecule has 3 heteroatoms. The highest BCUT2D eigenvalue weighted by atomic mass is 16.4. The Hall–Kier alpha value is -1.77. The molecule has 96 valence electrons. The molecular weight excluding hydrogens is 226 g/mol. The molecule has 1 aromatic rings. The quantitative estimate of drug-likeness (QED) is 0.782. The first-order chi connectivity index (χ1) is 8.74. The van der Waals surface area contributed by atoms with Gasteiger partial charge in [0, 0.05) is 18.3 Å². The Morgan fingerprint density at radius 2 is 1.94 bits per heavy atom. The number of carboxylic acids is 1. The summed E-state index contributed by atoms with van der Waals surface area (Å²) in [6.07, 6.45) is 8.17. The van der Waals surface area contributed by atoms with Gasteiger partial charge in [-0.15, -0.1) is 0 Å². The number of hydrogen-bond donors (Lipinski definition) is 2. The van der Waals surface area contributed by atoms with Crippen LogP contribution in [-0.4, -0.2) is 17.6 Å². The molecule has 3 nitrogen and oxygen atoms in total. The number of benzene rings is 1. The molecule has 0 aromatic heterocycles. The van der Waals surface area contributed by atoms with Crippen molar-refractivity contribution in [3.05, 3.63) is 35.9 Å². The van der Waals surface area contributed by atoms with Crippen LogP contribution < -0.4 is 5.32 Å².